The van der Waals surface area contributed by atoms with E-state index in [0.29, 0.717) is 30.8 Å². The molecule has 138 valence electrons. The van der Waals surface area contributed by atoms with E-state index in [1.165, 1.54) is 31.3 Å². The van der Waals surface area contributed by atoms with E-state index in [0.717, 1.165) is 6.42 Å². The number of hydrogen-bond donors (Lipinski definition) is 1. The number of unbranched alkanes of at least 4 members (excludes halogenated alkanes) is 2. The molecule has 1 unspecified atom stereocenters. The molecule has 0 aliphatic rings. The van der Waals surface area contributed by atoms with E-state index in [1.54, 1.807) is 0 Å². The molecule has 10 heteroatoms. The van der Waals surface area contributed by atoms with Gasteiger partial charge in [0.1, 0.15) is 6.10 Å². The fraction of sp³-hybridized carbons (Fsp3) is 0.533. The maximum atomic E-state index is 12.5. The molecule has 0 saturated carbocycles. The van der Waals surface area contributed by atoms with E-state index in [9.17, 15) is 13.2 Å². The average molecular weight is 389 g/mol. The van der Waals surface area contributed by atoms with Gasteiger partial charge >= 0.3 is 6.09 Å². The van der Waals surface area contributed by atoms with Crippen molar-refractivity contribution in [1.29, 1.82) is 0 Å². The van der Waals surface area contributed by atoms with Crippen molar-refractivity contribution in [1.82, 2.24) is 5.32 Å². The van der Waals surface area contributed by atoms with Gasteiger partial charge in [0.25, 0.3) is 0 Å². The van der Waals surface area contributed by atoms with Gasteiger partial charge in [0.05, 0.1) is 10.6 Å². The third-order valence-electron chi connectivity index (χ3n) is 3.40. The largest absolute Gasteiger partial charge is 0.445 e. The van der Waals surface area contributed by atoms with Gasteiger partial charge in [0, 0.05) is 23.5 Å². The lowest BCUT2D eigenvalue weighted by molar-refractivity contribution is 0.104. The number of hydrogen-bond acceptors (Lipinski definition) is 5. The molecule has 1 atom stereocenters. The molecule has 25 heavy (non-hydrogen) atoms. The van der Waals surface area contributed by atoms with Crippen molar-refractivity contribution >= 4 is 27.5 Å². The molecule has 0 bridgehead atoms. The van der Waals surface area contributed by atoms with Gasteiger partial charge in [-0.15, -0.1) is 0 Å². The Hall–Kier alpha value is -1.96. The molecule has 0 radical (unpaired) electrons. The second kappa shape index (κ2) is 10.8. The van der Waals surface area contributed by atoms with Crippen LogP contribution in [-0.4, -0.2) is 40.0 Å². The molecule has 0 spiro atoms. The number of nitrogens with one attached hydrogen (secondary N) is 1. The smallest absolute Gasteiger partial charge is 0.407 e. The van der Waals surface area contributed by atoms with Crippen molar-refractivity contribution in [3.8, 4) is 0 Å². The Morgan fingerprint density at radius 1 is 1.32 bits per heavy atom. The third kappa shape index (κ3) is 8.11. The molecule has 0 heterocycles. The van der Waals surface area contributed by atoms with E-state index in [4.69, 9.17) is 21.9 Å². The van der Waals surface area contributed by atoms with Crippen molar-refractivity contribution < 1.29 is 17.9 Å². The van der Waals surface area contributed by atoms with Gasteiger partial charge in [-0.3, -0.25) is 0 Å². The van der Waals surface area contributed by atoms with Crippen LogP contribution in [0.1, 0.15) is 25.7 Å². The van der Waals surface area contributed by atoms with E-state index < -0.39 is 22.0 Å². The minimum absolute atomic E-state index is 0.130. The first-order chi connectivity index (χ1) is 11.9. The van der Waals surface area contributed by atoms with Gasteiger partial charge in [-0.25, -0.2) is 13.2 Å². The number of halogens is 1. The van der Waals surface area contributed by atoms with Crippen molar-refractivity contribution in [2.75, 3.05) is 19.3 Å². The van der Waals surface area contributed by atoms with Crippen LogP contribution in [-0.2, 0) is 14.6 Å². The summed E-state index contributed by atoms with van der Waals surface area (Å²) in [5.74, 6) is -0.307. The molecule has 1 N–H and O–H groups in total. The molecular formula is C15H21ClN4O4S. The maximum absolute atomic E-state index is 12.5. The first kappa shape index (κ1) is 21.1. The van der Waals surface area contributed by atoms with Gasteiger partial charge in [-0.2, -0.15) is 0 Å². The topological polar surface area (TPSA) is 121 Å². The van der Waals surface area contributed by atoms with Crippen LogP contribution in [0, 0.1) is 0 Å². The molecular weight excluding hydrogens is 368 g/mol. The van der Waals surface area contributed by atoms with Crippen molar-refractivity contribution in [2.24, 2.45) is 5.11 Å². The van der Waals surface area contributed by atoms with Crippen LogP contribution in [0.5, 0.6) is 0 Å². The fourth-order valence-electron chi connectivity index (χ4n) is 2.15. The number of carbonyl (C=O) groups is 1. The Morgan fingerprint density at radius 3 is 2.60 bits per heavy atom. The van der Waals surface area contributed by atoms with E-state index in [2.05, 4.69) is 15.3 Å². The predicted molar refractivity (Wildman–Crippen MR) is 95.3 cm³/mol. The van der Waals surface area contributed by atoms with E-state index in [1.807, 2.05) is 0 Å². The second-order valence-corrected chi connectivity index (χ2v) is 7.79. The van der Waals surface area contributed by atoms with Crippen LogP contribution in [0.25, 0.3) is 10.4 Å². The first-order valence-corrected chi connectivity index (χ1v) is 9.79. The monoisotopic (exact) mass is 388 g/mol. The normalized spacial score (nSPS) is 12.1. The molecule has 0 fully saturated rings. The van der Waals surface area contributed by atoms with Gasteiger partial charge in [0.2, 0.25) is 0 Å². The molecule has 0 saturated heterocycles. The highest BCUT2D eigenvalue weighted by Crippen LogP contribution is 2.19. The third-order valence-corrected chi connectivity index (χ3v) is 5.46. The van der Waals surface area contributed by atoms with E-state index in [-0.39, 0.29) is 10.6 Å². The standard InChI is InChI=1S/C15H21ClN4O4S/c1-18-15(21)24-13(5-3-2-4-10-19-20-17)11-25(22,23)14-8-6-12(16)7-9-14/h6-9,13H,2-5,10-11H2,1H3,(H,18,21). The number of azide groups is 1. The zero-order valence-electron chi connectivity index (χ0n) is 13.9. The van der Waals surface area contributed by atoms with Crippen LogP contribution < -0.4 is 5.32 Å². The Bertz CT molecular complexity index is 703. The SMILES string of the molecule is CNC(=O)OC(CCCCCN=[N+]=[N-])CS(=O)(=O)c1ccc(Cl)cc1. The van der Waals surface area contributed by atoms with Gasteiger partial charge in [-0.05, 0) is 49.1 Å². The Labute approximate surface area is 152 Å². The van der Waals surface area contributed by atoms with Crippen LogP contribution in [0.4, 0.5) is 4.79 Å². The van der Waals surface area contributed by atoms with Crippen molar-refractivity contribution in [3.63, 3.8) is 0 Å². The molecule has 0 aromatic heterocycles. The van der Waals surface area contributed by atoms with Crippen molar-refractivity contribution in [3.05, 3.63) is 39.7 Å². The highest BCUT2D eigenvalue weighted by molar-refractivity contribution is 7.91. The summed E-state index contributed by atoms with van der Waals surface area (Å²) in [6, 6.07) is 5.85. The van der Waals surface area contributed by atoms with Gasteiger partial charge in [0.15, 0.2) is 9.84 Å². The molecule has 0 aliphatic heterocycles. The number of nitrogens with zero attached hydrogens (tertiary/aromatic N) is 3. The summed E-state index contributed by atoms with van der Waals surface area (Å²) in [4.78, 5) is 14.3. The highest BCUT2D eigenvalue weighted by Gasteiger charge is 2.24. The number of sulfone groups is 1. The summed E-state index contributed by atoms with van der Waals surface area (Å²) in [6.07, 6.45) is 1.05. The number of benzene rings is 1. The number of alkyl carbamates (subject to hydrolysis) is 1. The predicted octanol–water partition coefficient (Wildman–Crippen LogP) is 3.71. The molecule has 1 rings (SSSR count). The molecule has 1 aromatic rings. The number of ether oxygens (including phenoxy) is 1. The Morgan fingerprint density at radius 2 is 2.00 bits per heavy atom. The maximum Gasteiger partial charge on any atom is 0.407 e. The lowest BCUT2D eigenvalue weighted by Crippen LogP contribution is -2.31. The minimum Gasteiger partial charge on any atom is -0.445 e. The second-order valence-electron chi connectivity index (χ2n) is 5.32. The summed E-state index contributed by atoms with van der Waals surface area (Å²) in [5.41, 5.74) is 8.21. The zero-order valence-corrected chi connectivity index (χ0v) is 15.5. The van der Waals surface area contributed by atoms with Crippen LogP contribution in [0.3, 0.4) is 0 Å². The first-order valence-electron chi connectivity index (χ1n) is 7.76. The van der Waals surface area contributed by atoms with Gasteiger partial charge < -0.3 is 10.1 Å². The van der Waals surface area contributed by atoms with Crippen LogP contribution in [0.2, 0.25) is 5.02 Å². The number of amides is 1. The lowest BCUT2D eigenvalue weighted by atomic mass is 10.1. The van der Waals surface area contributed by atoms with Crippen LogP contribution >= 0.6 is 11.6 Å². The number of carbonyl (C=O) groups excluding carboxylic acids is 1. The van der Waals surface area contributed by atoms with E-state index >= 15 is 0 Å². The zero-order chi connectivity index (χ0) is 18.7. The van der Waals surface area contributed by atoms with Gasteiger partial charge in [-0.1, -0.05) is 23.1 Å². The summed E-state index contributed by atoms with van der Waals surface area (Å²) in [5, 5.41) is 6.19. The minimum atomic E-state index is -3.61. The molecule has 1 amide bonds. The summed E-state index contributed by atoms with van der Waals surface area (Å²) < 4.78 is 30.1. The molecule has 8 nitrogen and oxygen atoms in total. The molecule has 1 aromatic carbocycles. The lowest BCUT2D eigenvalue weighted by Gasteiger charge is -2.18. The summed E-state index contributed by atoms with van der Waals surface area (Å²) in [6.45, 7) is 0.389. The number of rotatable bonds is 10. The quantitative estimate of drug-likeness (QED) is 0.284. The Kier molecular flexibility index (Phi) is 9.12. The summed E-state index contributed by atoms with van der Waals surface area (Å²) in [7, 11) is -2.20. The highest BCUT2D eigenvalue weighted by atomic mass is 35.5. The summed E-state index contributed by atoms with van der Waals surface area (Å²) >= 11 is 5.77. The molecule has 0 aliphatic carbocycles. The average Bonchev–Trinajstić information content (AvgIpc) is 2.57. The van der Waals surface area contributed by atoms with Crippen LogP contribution in [0.15, 0.2) is 34.3 Å². The fourth-order valence-corrected chi connectivity index (χ4v) is 3.74. The Balaban J connectivity index is 2.69. The van der Waals surface area contributed by atoms with Crippen molar-refractivity contribution in [2.45, 2.75) is 36.7 Å².